The fourth-order valence-electron chi connectivity index (χ4n) is 2.32. The standard InChI is InChI=1S/C17H27NO2/c1-4-17(2,3)15-5-7-16(8-6-15)20-14-11-18-9-12-19-13-10-18/h5-8H,4,9-14H2,1-3H3. The first-order chi connectivity index (χ1) is 9.62. The monoisotopic (exact) mass is 277 g/mol. The third-order valence-corrected chi connectivity index (χ3v) is 4.30. The number of morpholine rings is 1. The molecule has 1 heterocycles. The number of rotatable bonds is 6. The molecular weight excluding hydrogens is 250 g/mol. The topological polar surface area (TPSA) is 21.7 Å². The van der Waals surface area contributed by atoms with E-state index >= 15 is 0 Å². The van der Waals surface area contributed by atoms with E-state index in [0.717, 1.165) is 51.6 Å². The van der Waals surface area contributed by atoms with Crippen molar-refractivity contribution < 1.29 is 9.47 Å². The molecule has 20 heavy (non-hydrogen) atoms. The minimum absolute atomic E-state index is 0.242. The fraction of sp³-hybridized carbons (Fsp3) is 0.647. The first-order valence-corrected chi connectivity index (χ1v) is 7.65. The van der Waals surface area contributed by atoms with Gasteiger partial charge in [0.05, 0.1) is 13.2 Å². The smallest absolute Gasteiger partial charge is 0.119 e. The van der Waals surface area contributed by atoms with E-state index in [1.807, 2.05) is 0 Å². The number of hydrogen-bond donors (Lipinski definition) is 0. The van der Waals surface area contributed by atoms with Gasteiger partial charge in [-0.15, -0.1) is 0 Å². The molecule has 1 aliphatic rings. The normalized spacial score (nSPS) is 17.1. The highest BCUT2D eigenvalue weighted by molar-refractivity contribution is 5.31. The average molecular weight is 277 g/mol. The molecule has 0 spiro atoms. The average Bonchev–Trinajstić information content (AvgIpc) is 2.49. The highest BCUT2D eigenvalue weighted by atomic mass is 16.5. The molecule has 0 radical (unpaired) electrons. The molecule has 112 valence electrons. The zero-order chi connectivity index (χ0) is 14.4. The Hall–Kier alpha value is -1.06. The number of ether oxygens (including phenoxy) is 2. The Morgan fingerprint density at radius 1 is 1.15 bits per heavy atom. The van der Waals surface area contributed by atoms with Gasteiger partial charge < -0.3 is 9.47 Å². The van der Waals surface area contributed by atoms with Gasteiger partial charge in [-0.05, 0) is 29.5 Å². The third kappa shape index (κ3) is 4.22. The van der Waals surface area contributed by atoms with Crippen LogP contribution in [0.3, 0.4) is 0 Å². The second-order valence-electron chi connectivity index (χ2n) is 6.06. The second-order valence-corrected chi connectivity index (χ2v) is 6.06. The number of benzene rings is 1. The Bertz CT molecular complexity index is 394. The van der Waals surface area contributed by atoms with Gasteiger partial charge in [0, 0.05) is 19.6 Å². The van der Waals surface area contributed by atoms with E-state index in [1.165, 1.54) is 5.56 Å². The van der Waals surface area contributed by atoms with Gasteiger partial charge in [-0.3, -0.25) is 4.90 Å². The molecule has 0 atom stereocenters. The van der Waals surface area contributed by atoms with Crippen molar-refractivity contribution in [1.82, 2.24) is 4.90 Å². The second kappa shape index (κ2) is 7.09. The minimum Gasteiger partial charge on any atom is -0.492 e. The first kappa shape index (κ1) is 15.3. The summed E-state index contributed by atoms with van der Waals surface area (Å²) in [6.07, 6.45) is 1.14. The van der Waals surface area contributed by atoms with E-state index in [4.69, 9.17) is 9.47 Å². The van der Waals surface area contributed by atoms with Crippen molar-refractivity contribution in [3.05, 3.63) is 29.8 Å². The lowest BCUT2D eigenvalue weighted by Crippen LogP contribution is -2.38. The van der Waals surface area contributed by atoms with Gasteiger partial charge in [0.1, 0.15) is 12.4 Å². The lowest BCUT2D eigenvalue weighted by atomic mass is 9.82. The molecule has 0 bridgehead atoms. The minimum atomic E-state index is 0.242. The summed E-state index contributed by atoms with van der Waals surface area (Å²) in [7, 11) is 0. The molecule has 1 aromatic carbocycles. The van der Waals surface area contributed by atoms with Crippen molar-refractivity contribution in [2.24, 2.45) is 0 Å². The SMILES string of the molecule is CCC(C)(C)c1ccc(OCCN2CCOCC2)cc1. The summed E-state index contributed by atoms with van der Waals surface area (Å²) in [4.78, 5) is 2.39. The van der Waals surface area contributed by atoms with Crippen LogP contribution in [0.1, 0.15) is 32.8 Å². The summed E-state index contributed by atoms with van der Waals surface area (Å²) in [5.74, 6) is 0.967. The van der Waals surface area contributed by atoms with E-state index in [-0.39, 0.29) is 5.41 Å². The highest BCUT2D eigenvalue weighted by Gasteiger charge is 2.17. The number of hydrogen-bond acceptors (Lipinski definition) is 3. The molecule has 1 aromatic rings. The van der Waals surface area contributed by atoms with E-state index in [9.17, 15) is 0 Å². The summed E-state index contributed by atoms with van der Waals surface area (Å²) in [5.41, 5.74) is 1.62. The molecule has 0 unspecified atom stereocenters. The van der Waals surface area contributed by atoms with Crippen molar-refractivity contribution in [2.75, 3.05) is 39.5 Å². The van der Waals surface area contributed by atoms with Crippen LogP contribution in [-0.2, 0) is 10.2 Å². The molecule has 0 aromatic heterocycles. The molecule has 3 heteroatoms. The molecule has 1 saturated heterocycles. The van der Waals surface area contributed by atoms with Gasteiger partial charge >= 0.3 is 0 Å². The molecule has 0 aliphatic carbocycles. The van der Waals surface area contributed by atoms with Gasteiger partial charge in [0.2, 0.25) is 0 Å². The van der Waals surface area contributed by atoms with E-state index in [0.29, 0.717) is 0 Å². The Balaban J connectivity index is 1.79. The van der Waals surface area contributed by atoms with Crippen LogP contribution >= 0.6 is 0 Å². The lowest BCUT2D eigenvalue weighted by molar-refractivity contribution is 0.0322. The van der Waals surface area contributed by atoms with Crippen LogP contribution in [0.5, 0.6) is 5.75 Å². The summed E-state index contributed by atoms with van der Waals surface area (Å²) in [6, 6.07) is 8.55. The molecule has 0 saturated carbocycles. The summed E-state index contributed by atoms with van der Waals surface area (Å²) >= 11 is 0. The Labute approximate surface area is 122 Å². The maximum atomic E-state index is 5.83. The molecular formula is C17H27NO2. The molecule has 2 rings (SSSR count). The summed E-state index contributed by atoms with van der Waals surface area (Å²) < 4.78 is 11.2. The quantitative estimate of drug-likeness (QED) is 0.797. The Morgan fingerprint density at radius 2 is 1.80 bits per heavy atom. The summed E-state index contributed by atoms with van der Waals surface area (Å²) in [5, 5.41) is 0. The first-order valence-electron chi connectivity index (χ1n) is 7.65. The van der Waals surface area contributed by atoms with Crippen molar-refractivity contribution in [1.29, 1.82) is 0 Å². The van der Waals surface area contributed by atoms with Gasteiger partial charge in [0.15, 0.2) is 0 Å². The van der Waals surface area contributed by atoms with Crippen molar-refractivity contribution >= 4 is 0 Å². The Morgan fingerprint density at radius 3 is 2.40 bits per heavy atom. The van der Waals surface area contributed by atoms with Gasteiger partial charge in [0.25, 0.3) is 0 Å². The van der Waals surface area contributed by atoms with Crippen LogP contribution in [0.15, 0.2) is 24.3 Å². The van der Waals surface area contributed by atoms with Crippen LogP contribution in [0.25, 0.3) is 0 Å². The predicted molar refractivity (Wildman–Crippen MR) is 82.5 cm³/mol. The third-order valence-electron chi connectivity index (χ3n) is 4.30. The van der Waals surface area contributed by atoms with E-state index < -0.39 is 0 Å². The van der Waals surface area contributed by atoms with E-state index in [1.54, 1.807) is 0 Å². The van der Waals surface area contributed by atoms with Crippen molar-refractivity contribution in [3.8, 4) is 5.75 Å². The van der Waals surface area contributed by atoms with Crippen LogP contribution in [-0.4, -0.2) is 44.4 Å². The molecule has 1 fully saturated rings. The zero-order valence-electron chi connectivity index (χ0n) is 13.0. The maximum absolute atomic E-state index is 5.83. The van der Waals surface area contributed by atoms with Crippen LogP contribution in [0, 0.1) is 0 Å². The highest BCUT2D eigenvalue weighted by Crippen LogP contribution is 2.27. The van der Waals surface area contributed by atoms with Crippen LogP contribution in [0.2, 0.25) is 0 Å². The zero-order valence-corrected chi connectivity index (χ0v) is 13.0. The lowest BCUT2D eigenvalue weighted by Gasteiger charge is -2.26. The fourth-order valence-corrected chi connectivity index (χ4v) is 2.32. The molecule has 0 N–H and O–H groups in total. The van der Waals surface area contributed by atoms with Crippen molar-refractivity contribution in [3.63, 3.8) is 0 Å². The van der Waals surface area contributed by atoms with Gasteiger partial charge in [-0.25, -0.2) is 0 Å². The van der Waals surface area contributed by atoms with Gasteiger partial charge in [-0.1, -0.05) is 32.9 Å². The van der Waals surface area contributed by atoms with Crippen LogP contribution in [0.4, 0.5) is 0 Å². The van der Waals surface area contributed by atoms with Crippen molar-refractivity contribution in [2.45, 2.75) is 32.6 Å². The molecule has 0 amide bonds. The molecule has 1 aliphatic heterocycles. The molecule has 3 nitrogen and oxygen atoms in total. The Kier molecular flexibility index (Phi) is 5.44. The number of nitrogens with zero attached hydrogens (tertiary/aromatic N) is 1. The maximum Gasteiger partial charge on any atom is 0.119 e. The predicted octanol–water partition coefficient (Wildman–Crippen LogP) is 3.09. The van der Waals surface area contributed by atoms with Gasteiger partial charge in [-0.2, -0.15) is 0 Å². The van der Waals surface area contributed by atoms with E-state index in [2.05, 4.69) is 49.9 Å². The van der Waals surface area contributed by atoms with Crippen LogP contribution < -0.4 is 4.74 Å². The largest absolute Gasteiger partial charge is 0.492 e. The summed E-state index contributed by atoms with van der Waals surface area (Å²) in [6.45, 7) is 12.2.